The van der Waals surface area contributed by atoms with Crippen molar-refractivity contribution < 1.29 is 4.84 Å². The number of nitrogens with one attached hydrogen (secondary N) is 1. The fraction of sp³-hybridized carbons (Fsp3) is 0.200. The molecule has 1 aliphatic rings. The van der Waals surface area contributed by atoms with Gasteiger partial charge in [0.15, 0.2) is 5.75 Å². The normalized spacial score (nSPS) is 14.0. The summed E-state index contributed by atoms with van der Waals surface area (Å²) in [6.45, 7) is 4.05. The second-order valence-electron chi connectivity index (χ2n) is 3.07. The molecular weight excluding hydrogens is 150 g/mol. The van der Waals surface area contributed by atoms with E-state index in [1.807, 2.05) is 19.1 Å². The van der Waals surface area contributed by atoms with Crippen molar-refractivity contribution in [2.24, 2.45) is 0 Å². The smallest absolute Gasteiger partial charge is 0.162 e. The van der Waals surface area contributed by atoms with Crippen molar-refractivity contribution in [2.45, 2.75) is 13.8 Å². The fourth-order valence-corrected chi connectivity index (χ4v) is 1.27. The molecule has 0 saturated carbocycles. The summed E-state index contributed by atoms with van der Waals surface area (Å²) in [4.78, 5) is 5.27. The third-order valence-electron chi connectivity index (χ3n) is 1.86. The first-order valence-corrected chi connectivity index (χ1v) is 3.97. The highest BCUT2D eigenvalue weighted by Crippen LogP contribution is 2.24. The van der Waals surface area contributed by atoms with Gasteiger partial charge in [-0.3, -0.25) is 0 Å². The van der Waals surface area contributed by atoms with E-state index < -0.39 is 0 Å². The second-order valence-corrected chi connectivity index (χ2v) is 3.07. The number of fused-ring (bicyclic) bond motifs is 1. The first kappa shape index (κ1) is 7.22. The van der Waals surface area contributed by atoms with E-state index in [4.69, 9.17) is 4.84 Å². The van der Waals surface area contributed by atoms with Crippen molar-refractivity contribution in [3.05, 3.63) is 35.0 Å². The Balaban J connectivity index is 2.53. The lowest BCUT2D eigenvalue weighted by Crippen LogP contribution is -2.19. The van der Waals surface area contributed by atoms with Crippen molar-refractivity contribution >= 4 is 6.08 Å². The summed E-state index contributed by atoms with van der Waals surface area (Å²) in [5, 5.41) is 0. The molecule has 0 radical (unpaired) electrons. The molecule has 0 bridgehead atoms. The number of hydrogen-bond acceptors (Lipinski definition) is 2. The van der Waals surface area contributed by atoms with Crippen LogP contribution in [0, 0.1) is 6.92 Å². The van der Waals surface area contributed by atoms with E-state index >= 15 is 0 Å². The zero-order valence-corrected chi connectivity index (χ0v) is 7.22. The van der Waals surface area contributed by atoms with Gasteiger partial charge in [-0.05, 0) is 32.1 Å². The SMILES string of the molecule is CC1=Cc2cc(C)ccc2ON1. The molecule has 0 atom stereocenters. The highest BCUT2D eigenvalue weighted by atomic mass is 16.6. The zero-order chi connectivity index (χ0) is 8.55. The number of aryl methyl sites for hydroxylation is 1. The van der Waals surface area contributed by atoms with Gasteiger partial charge in [0, 0.05) is 11.3 Å². The predicted octanol–water partition coefficient (Wildman–Crippen LogP) is 2.25. The molecule has 1 N–H and O–H groups in total. The topological polar surface area (TPSA) is 21.3 Å². The standard InChI is InChI=1S/C10H11NO/c1-7-3-4-10-9(5-7)6-8(2)11-12-10/h3-6,11H,1-2H3. The van der Waals surface area contributed by atoms with Crippen LogP contribution in [0.3, 0.4) is 0 Å². The zero-order valence-electron chi connectivity index (χ0n) is 7.22. The Morgan fingerprint density at radius 2 is 2.08 bits per heavy atom. The summed E-state index contributed by atoms with van der Waals surface area (Å²) in [6.07, 6.45) is 2.08. The number of benzene rings is 1. The van der Waals surface area contributed by atoms with Crippen LogP contribution in [-0.2, 0) is 0 Å². The molecule has 0 fully saturated rings. The van der Waals surface area contributed by atoms with Crippen LogP contribution < -0.4 is 10.3 Å². The summed E-state index contributed by atoms with van der Waals surface area (Å²) in [6, 6.07) is 6.12. The van der Waals surface area contributed by atoms with Gasteiger partial charge in [-0.25, -0.2) is 5.48 Å². The van der Waals surface area contributed by atoms with E-state index in [2.05, 4.69) is 24.5 Å². The molecule has 0 amide bonds. The molecule has 12 heavy (non-hydrogen) atoms. The van der Waals surface area contributed by atoms with Crippen molar-refractivity contribution in [1.29, 1.82) is 0 Å². The maximum Gasteiger partial charge on any atom is 0.162 e. The van der Waals surface area contributed by atoms with E-state index in [1.54, 1.807) is 0 Å². The van der Waals surface area contributed by atoms with Gasteiger partial charge in [0.2, 0.25) is 0 Å². The molecule has 0 unspecified atom stereocenters. The summed E-state index contributed by atoms with van der Waals surface area (Å²) >= 11 is 0. The van der Waals surface area contributed by atoms with E-state index in [0.717, 1.165) is 17.0 Å². The van der Waals surface area contributed by atoms with Gasteiger partial charge in [0.25, 0.3) is 0 Å². The van der Waals surface area contributed by atoms with E-state index in [9.17, 15) is 0 Å². The molecule has 1 aromatic rings. The Morgan fingerprint density at radius 1 is 1.25 bits per heavy atom. The van der Waals surface area contributed by atoms with Gasteiger partial charge in [0.05, 0.1) is 0 Å². The van der Waals surface area contributed by atoms with Gasteiger partial charge in [-0.2, -0.15) is 0 Å². The minimum absolute atomic E-state index is 0.895. The van der Waals surface area contributed by atoms with Crippen molar-refractivity contribution in [3.8, 4) is 5.75 Å². The number of rotatable bonds is 0. The van der Waals surface area contributed by atoms with Gasteiger partial charge in [0.1, 0.15) is 0 Å². The Labute approximate surface area is 71.8 Å². The molecule has 1 aromatic carbocycles. The molecule has 0 spiro atoms. The predicted molar refractivity (Wildman–Crippen MR) is 48.6 cm³/mol. The second kappa shape index (κ2) is 2.55. The van der Waals surface area contributed by atoms with E-state index in [0.29, 0.717) is 0 Å². The molecule has 2 nitrogen and oxygen atoms in total. The summed E-state index contributed by atoms with van der Waals surface area (Å²) in [7, 11) is 0. The molecule has 1 heterocycles. The van der Waals surface area contributed by atoms with Crippen molar-refractivity contribution in [1.82, 2.24) is 5.48 Å². The number of allylic oxidation sites excluding steroid dienone is 1. The summed E-state index contributed by atoms with van der Waals surface area (Å²) in [5.41, 5.74) is 6.25. The summed E-state index contributed by atoms with van der Waals surface area (Å²) < 4.78 is 0. The van der Waals surface area contributed by atoms with E-state index in [-0.39, 0.29) is 0 Å². The molecule has 62 valence electrons. The molecule has 0 aliphatic carbocycles. The minimum atomic E-state index is 0.895. The van der Waals surface area contributed by atoms with Gasteiger partial charge >= 0.3 is 0 Å². The average molecular weight is 161 g/mol. The third-order valence-corrected chi connectivity index (χ3v) is 1.86. The van der Waals surface area contributed by atoms with Crippen LogP contribution in [0.1, 0.15) is 18.1 Å². The molecule has 1 aliphatic heterocycles. The maximum absolute atomic E-state index is 5.27. The van der Waals surface area contributed by atoms with Crippen LogP contribution in [0.5, 0.6) is 5.75 Å². The Morgan fingerprint density at radius 3 is 2.92 bits per heavy atom. The maximum atomic E-state index is 5.27. The van der Waals surface area contributed by atoms with Crippen LogP contribution >= 0.6 is 0 Å². The van der Waals surface area contributed by atoms with Crippen LogP contribution in [-0.4, -0.2) is 0 Å². The highest BCUT2D eigenvalue weighted by molar-refractivity contribution is 5.61. The van der Waals surface area contributed by atoms with Crippen LogP contribution in [0.15, 0.2) is 23.9 Å². The molecule has 0 aromatic heterocycles. The van der Waals surface area contributed by atoms with Gasteiger partial charge in [-0.15, -0.1) is 0 Å². The lowest BCUT2D eigenvalue weighted by molar-refractivity contribution is 0.225. The lowest BCUT2D eigenvalue weighted by Gasteiger charge is -2.16. The van der Waals surface area contributed by atoms with Crippen molar-refractivity contribution in [2.75, 3.05) is 0 Å². The van der Waals surface area contributed by atoms with E-state index in [1.165, 1.54) is 5.56 Å². The number of hydroxylamine groups is 1. The largest absolute Gasteiger partial charge is 0.382 e. The van der Waals surface area contributed by atoms with Crippen LogP contribution in [0.4, 0.5) is 0 Å². The minimum Gasteiger partial charge on any atom is -0.382 e. The molecular formula is C10H11NO. The average Bonchev–Trinajstić information content (AvgIpc) is 2.03. The Kier molecular flexibility index (Phi) is 1.54. The highest BCUT2D eigenvalue weighted by Gasteiger charge is 2.07. The third kappa shape index (κ3) is 1.16. The molecule has 2 heteroatoms. The lowest BCUT2D eigenvalue weighted by atomic mass is 10.1. The van der Waals surface area contributed by atoms with Crippen LogP contribution in [0.2, 0.25) is 0 Å². The Bertz CT molecular complexity index is 342. The first-order chi connectivity index (χ1) is 5.75. The molecule has 2 rings (SSSR count). The first-order valence-electron chi connectivity index (χ1n) is 3.97. The Hall–Kier alpha value is -1.44. The quantitative estimate of drug-likeness (QED) is 0.630. The summed E-state index contributed by atoms with van der Waals surface area (Å²) in [5.74, 6) is 0.895. The van der Waals surface area contributed by atoms with Crippen LogP contribution in [0.25, 0.3) is 6.08 Å². The van der Waals surface area contributed by atoms with Gasteiger partial charge in [-0.1, -0.05) is 11.6 Å². The molecule has 0 saturated heterocycles. The fourth-order valence-electron chi connectivity index (χ4n) is 1.27. The van der Waals surface area contributed by atoms with Crippen molar-refractivity contribution in [3.63, 3.8) is 0 Å². The van der Waals surface area contributed by atoms with Gasteiger partial charge < -0.3 is 4.84 Å². The number of hydrogen-bond donors (Lipinski definition) is 1. The monoisotopic (exact) mass is 161 g/mol.